The van der Waals surface area contributed by atoms with Crippen molar-refractivity contribution in [1.82, 2.24) is 14.5 Å². The van der Waals surface area contributed by atoms with E-state index in [-0.39, 0.29) is 16.4 Å². The number of hydrogen-bond donors (Lipinski definition) is 2. The van der Waals surface area contributed by atoms with Crippen LogP contribution < -0.4 is 10.6 Å². The van der Waals surface area contributed by atoms with E-state index in [2.05, 4.69) is 29.4 Å². The van der Waals surface area contributed by atoms with Crippen LogP contribution in [-0.2, 0) is 23.0 Å². The van der Waals surface area contributed by atoms with Crippen LogP contribution in [0.3, 0.4) is 0 Å². The van der Waals surface area contributed by atoms with Gasteiger partial charge in [0.25, 0.3) is 11.8 Å². The molecule has 4 rings (SSSR count). The Balaban J connectivity index is 1.38. The Kier molecular flexibility index (Phi) is 8.93. The zero-order chi connectivity index (χ0) is 27.1. The number of nitrogens with zero attached hydrogens (tertiary/aromatic N) is 2. The molecule has 0 unspecified atom stereocenters. The summed E-state index contributed by atoms with van der Waals surface area (Å²) in [6, 6.07) is 20.5. The summed E-state index contributed by atoms with van der Waals surface area (Å²) >= 11 is 0. The topological polar surface area (TPSA) is 98.8 Å². The molecule has 9 heteroatoms. The van der Waals surface area contributed by atoms with Crippen molar-refractivity contribution in [3.8, 4) is 0 Å². The summed E-state index contributed by atoms with van der Waals surface area (Å²) in [6.45, 7) is 8.08. The van der Waals surface area contributed by atoms with Gasteiger partial charge in [-0.1, -0.05) is 44.2 Å². The minimum atomic E-state index is -3.76. The molecule has 0 aromatic heterocycles. The molecule has 0 spiro atoms. The van der Waals surface area contributed by atoms with Gasteiger partial charge in [-0.25, -0.2) is 8.42 Å². The number of nitrogens with one attached hydrogen (secondary N) is 2. The second kappa shape index (κ2) is 12.3. The van der Waals surface area contributed by atoms with Crippen LogP contribution in [0.25, 0.3) is 0 Å². The zero-order valence-corrected chi connectivity index (χ0v) is 22.6. The maximum atomic E-state index is 13.3. The lowest BCUT2D eigenvalue weighted by Crippen LogP contribution is -2.36. The smallest absolute Gasteiger partial charge is 0.255 e. The minimum Gasteiger partial charge on any atom is -0.351 e. The number of sulfonamides is 1. The molecule has 3 aromatic rings. The highest BCUT2D eigenvalue weighted by Crippen LogP contribution is 2.25. The highest BCUT2D eigenvalue weighted by molar-refractivity contribution is 7.89. The number of hydrogen-bond acceptors (Lipinski definition) is 5. The first-order valence-corrected chi connectivity index (χ1v) is 14.3. The van der Waals surface area contributed by atoms with E-state index in [1.54, 1.807) is 36.4 Å². The maximum Gasteiger partial charge on any atom is 0.255 e. The van der Waals surface area contributed by atoms with Gasteiger partial charge in [0.1, 0.15) is 0 Å². The summed E-state index contributed by atoms with van der Waals surface area (Å²) in [5.41, 5.74) is 3.41. The fourth-order valence-electron chi connectivity index (χ4n) is 4.50. The molecule has 0 saturated carbocycles. The monoisotopic (exact) mass is 534 g/mol. The van der Waals surface area contributed by atoms with Gasteiger partial charge in [0.2, 0.25) is 10.0 Å². The molecule has 1 heterocycles. The van der Waals surface area contributed by atoms with Crippen molar-refractivity contribution in [2.75, 3.05) is 38.0 Å². The Labute approximate surface area is 224 Å². The number of anilines is 1. The summed E-state index contributed by atoms with van der Waals surface area (Å²) < 4.78 is 28.1. The van der Waals surface area contributed by atoms with E-state index >= 15 is 0 Å². The van der Waals surface area contributed by atoms with Crippen molar-refractivity contribution in [3.05, 3.63) is 95.1 Å². The molecule has 0 radical (unpaired) electrons. The third-order valence-corrected chi connectivity index (χ3v) is 8.68. The number of carbonyl (C=O) groups excluding carboxylic acids is 2. The van der Waals surface area contributed by atoms with Crippen LogP contribution >= 0.6 is 0 Å². The SMILES string of the molecule is CCN(CC)CCNC(=O)c1ccc(NC(=O)c2cccc(S(=O)(=O)N3CCc4ccccc4C3)c2)cc1. The van der Waals surface area contributed by atoms with E-state index in [1.807, 2.05) is 24.3 Å². The lowest BCUT2D eigenvalue weighted by atomic mass is 10.0. The molecule has 0 saturated heterocycles. The number of rotatable bonds is 10. The summed E-state index contributed by atoms with van der Waals surface area (Å²) in [5, 5.41) is 5.69. The highest BCUT2D eigenvalue weighted by atomic mass is 32.2. The highest BCUT2D eigenvalue weighted by Gasteiger charge is 2.28. The number of fused-ring (bicyclic) bond motifs is 1. The van der Waals surface area contributed by atoms with Crippen LogP contribution in [0.1, 0.15) is 45.7 Å². The molecule has 3 aromatic carbocycles. The zero-order valence-electron chi connectivity index (χ0n) is 21.8. The standard InChI is InChI=1S/C29H34N4O4S/c1-3-32(4-2)19-17-30-28(34)23-12-14-26(15-13-23)31-29(35)24-10-7-11-27(20-24)38(36,37)33-18-16-22-8-5-6-9-25(22)21-33/h5-15,20H,3-4,16-19,21H2,1-2H3,(H,30,34)(H,31,35). The van der Waals surface area contributed by atoms with E-state index < -0.39 is 15.9 Å². The first-order chi connectivity index (χ1) is 18.3. The Morgan fingerprint density at radius 3 is 2.29 bits per heavy atom. The lowest BCUT2D eigenvalue weighted by Gasteiger charge is -2.28. The van der Waals surface area contributed by atoms with Crippen molar-refractivity contribution < 1.29 is 18.0 Å². The molecule has 200 valence electrons. The first-order valence-electron chi connectivity index (χ1n) is 12.9. The molecule has 38 heavy (non-hydrogen) atoms. The van der Waals surface area contributed by atoms with Gasteiger partial charge in [0.05, 0.1) is 4.90 Å². The van der Waals surface area contributed by atoms with E-state index in [1.165, 1.54) is 16.4 Å². The molecule has 0 fully saturated rings. The molecule has 0 atom stereocenters. The van der Waals surface area contributed by atoms with Crippen LogP contribution in [0.4, 0.5) is 5.69 Å². The average molecular weight is 535 g/mol. The van der Waals surface area contributed by atoms with Gasteiger partial charge < -0.3 is 15.5 Å². The maximum absolute atomic E-state index is 13.3. The molecule has 1 aliphatic rings. The van der Waals surface area contributed by atoms with E-state index in [9.17, 15) is 18.0 Å². The molecule has 0 bridgehead atoms. The van der Waals surface area contributed by atoms with E-state index in [4.69, 9.17) is 0 Å². The Bertz CT molecular complexity index is 1390. The second-order valence-corrected chi connectivity index (χ2v) is 11.1. The van der Waals surface area contributed by atoms with Gasteiger partial charge >= 0.3 is 0 Å². The quantitative estimate of drug-likeness (QED) is 0.413. The largest absolute Gasteiger partial charge is 0.351 e. The average Bonchev–Trinajstić information content (AvgIpc) is 2.95. The van der Waals surface area contributed by atoms with Gasteiger partial charge in [-0.05, 0) is 73.1 Å². The second-order valence-electron chi connectivity index (χ2n) is 9.20. The first kappa shape index (κ1) is 27.5. The molecular weight excluding hydrogens is 500 g/mol. The van der Waals surface area contributed by atoms with Crippen LogP contribution in [0, 0.1) is 0 Å². The molecule has 0 aliphatic carbocycles. The van der Waals surface area contributed by atoms with Crippen molar-refractivity contribution >= 4 is 27.5 Å². The molecule has 2 amide bonds. The predicted octanol–water partition coefficient (Wildman–Crippen LogP) is 3.76. The van der Waals surface area contributed by atoms with Gasteiger partial charge in [-0.3, -0.25) is 9.59 Å². The Morgan fingerprint density at radius 2 is 1.58 bits per heavy atom. The number of carbonyl (C=O) groups is 2. The fourth-order valence-corrected chi connectivity index (χ4v) is 5.96. The molecule has 2 N–H and O–H groups in total. The van der Waals surface area contributed by atoms with E-state index in [0.717, 1.165) is 30.8 Å². The van der Waals surface area contributed by atoms with Gasteiger partial charge in [-0.15, -0.1) is 0 Å². The van der Waals surface area contributed by atoms with Crippen molar-refractivity contribution in [1.29, 1.82) is 0 Å². The van der Waals surface area contributed by atoms with Gasteiger partial charge in [-0.2, -0.15) is 4.31 Å². The predicted molar refractivity (Wildman–Crippen MR) is 149 cm³/mol. The van der Waals surface area contributed by atoms with E-state index in [0.29, 0.717) is 37.3 Å². The van der Waals surface area contributed by atoms with Gasteiger partial charge in [0.15, 0.2) is 0 Å². The number of amides is 2. The molecular formula is C29H34N4O4S. The van der Waals surface area contributed by atoms with Crippen molar-refractivity contribution in [3.63, 3.8) is 0 Å². The third kappa shape index (κ3) is 6.48. The van der Waals surface area contributed by atoms with Crippen LogP contribution in [0.2, 0.25) is 0 Å². The summed E-state index contributed by atoms with van der Waals surface area (Å²) in [5.74, 6) is -0.601. The fraction of sp³-hybridized carbons (Fsp3) is 0.310. The van der Waals surface area contributed by atoms with Crippen LogP contribution in [0.5, 0.6) is 0 Å². The summed E-state index contributed by atoms with van der Waals surface area (Å²) in [6.07, 6.45) is 0.652. The number of benzene rings is 3. The third-order valence-electron chi connectivity index (χ3n) is 6.84. The number of likely N-dealkylation sites (N-methyl/N-ethyl adjacent to an activating group) is 1. The van der Waals surface area contributed by atoms with Crippen LogP contribution in [-0.4, -0.2) is 62.2 Å². The lowest BCUT2D eigenvalue weighted by molar-refractivity contribution is 0.0948. The van der Waals surface area contributed by atoms with Crippen molar-refractivity contribution in [2.45, 2.75) is 31.7 Å². The van der Waals surface area contributed by atoms with Crippen molar-refractivity contribution in [2.24, 2.45) is 0 Å². The van der Waals surface area contributed by atoms with Crippen LogP contribution in [0.15, 0.2) is 77.7 Å². The normalized spacial score (nSPS) is 13.7. The molecule has 8 nitrogen and oxygen atoms in total. The summed E-state index contributed by atoms with van der Waals surface area (Å²) in [7, 11) is -3.76. The van der Waals surface area contributed by atoms with Gasteiger partial charge in [0, 0.05) is 43.0 Å². The Hall–Kier alpha value is -3.53. The summed E-state index contributed by atoms with van der Waals surface area (Å²) in [4.78, 5) is 27.6. The molecule has 1 aliphatic heterocycles. The minimum absolute atomic E-state index is 0.0845. The Morgan fingerprint density at radius 1 is 0.868 bits per heavy atom.